The van der Waals surface area contributed by atoms with E-state index < -0.39 is 0 Å². The molecule has 1 aromatic rings. The van der Waals surface area contributed by atoms with Crippen molar-refractivity contribution in [3.05, 3.63) is 12.2 Å². The van der Waals surface area contributed by atoms with Gasteiger partial charge in [0.1, 0.15) is 12.2 Å². The summed E-state index contributed by atoms with van der Waals surface area (Å²) in [5, 5.41) is 7.76. The highest BCUT2D eigenvalue weighted by Crippen LogP contribution is 2.37. The molecule has 3 heterocycles. The van der Waals surface area contributed by atoms with Gasteiger partial charge in [-0.1, -0.05) is 0 Å². The second kappa shape index (κ2) is 6.83. The molecule has 0 bridgehead atoms. The summed E-state index contributed by atoms with van der Waals surface area (Å²) in [7, 11) is 1.70. The average molecular weight is 296 g/mol. The van der Waals surface area contributed by atoms with Crippen molar-refractivity contribution in [2.45, 2.75) is 37.5 Å². The Kier molecular flexibility index (Phi) is 4.84. The monoisotopic (exact) mass is 296 g/mol. The van der Waals surface area contributed by atoms with E-state index in [0.29, 0.717) is 25.8 Å². The van der Waals surface area contributed by atoms with E-state index in [1.165, 1.54) is 0 Å². The van der Waals surface area contributed by atoms with Crippen LogP contribution in [0, 0.1) is 0 Å². The fourth-order valence-electron chi connectivity index (χ4n) is 3.15. The summed E-state index contributed by atoms with van der Waals surface area (Å²) in [4.78, 5) is 4.38. The van der Waals surface area contributed by atoms with Gasteiger partial charge in [0.15, 0.2) is 0 Å². The van der Waals surface area contributed by atoms with E-state index >= 15 is 0 Å². The van der Waals surface area contributed by atoms with Gasteiger partial charge in [0.25, 0.3) is 0 Å². The van der Waals surface area contributed by atoms with Gasteiger partial charge in [0.05, 0.1) is 31.4 Å². The molecule has 1 N–H and O–H groups in total. The molecule has 21 heavy (non-hydrogen) atoms. The van der Waals surface area contributed by atoms with Crippen molar-refractivity contribution in [1.29, 1.82) is 0 Å². The molecular weight excluding hydrogens is 272 g/mol. The minimum absolute atomic E-state index is 0.102. The summed E-state index contributed by atoms with van der Waals surface area (Å²) in [6, 6.07) is 0.349. The van der Waals surface area contributed by atoms with Crippen LogP contribution in [0.5, 0.6) is 0 Å². The minimum Gasteiger partial charge on any atom is -0.383 e. The standard InChI is InChI=1S/C14H24N4O3/c1-19-7-4-15-9-13-16-11-17-18(13)12-2-5-21-14(8-12)3-6-20-10-14/h11-12,15H,2-10H2,1H3. The molecule has 1 aromatic heterocycles. The van der Waals surface area contributed by atoms with Crippen LogP contribution in [0.15, 0.2) is 6.33 Å². The molecule has 118 valence electrons. The van der Waals surface area contributed by atoms with E-state index in [1.807, 2.05) is 0 Å². The molecular formula is C14H24N4O3. The van der Waals surface area contributed by atoms with E-state index in [9.17, 15) is 0 Å². The molecule has 7 heteroatoms. The molecule has 2 saturated heterocycles. The summed E-state index contributed by atoms with van der Waals surface area (Å²) in [6.45, 7) is 4.50. The van der Waals surface area contributed by atoms with Crippen molar-refractivity contribution >= 4 is 0 Å². The van der Waals surface area contributed by atoms with Crippen molar-refractivity contribution in [3.63, 3.8) is 0 Å². The lowest BCUT2D eigenvalue weighted by Crippen LogP contribution is -2.41. The number of ether oxygens (including phenoxy) is 3. The Morgan fingerprint density at radius 3 is 3.29 bits per heavy atom. The topological polar surface area (TPSA) is 70.4 Å². The van der Waals surface area contributed by atoms with Crippen LogP contribution < -0.4 is 5.32 Å². The van der Waals surface area contributed by atoms with Crippen molar-refractivity contribution in [2.24, 2.45) is 0 Å². The molecule has 0 aliphatic carbocycles. The van der Waals surface area contributed by atoms with Crippen LogP contribution in [0.25, 0.3) is 0 Å². The first-order valence-electron chi connectivity index (χ1n) is 7.63. The highest BCUT2D eigenvalue weighted by atomic mass is 16.6. The SMILES string of the molecule is COCCNCc1ncnn1C1CCOC2(CCOC2)C1. The molecule has 2 fully saturated rings. The molecule has 2 aliphatic heterocycles. The van der Waals surface area contributed by atoms with E-state index in [2.05, 4.69) is 20.1 Å². The third-order valence-electron chi connectivity index (χ3n) is 4.29. The van der Waals surface area contributed by atoms with Gasteiger partial charge in [-0.3, -0.25) is 0 Å². The van der Waals surface area contributed by atoms with Gasteiger partial charge in [-0.05, 0) is 6.42 Å². The van der Waals surface area contributed by atoms with Crippen LogP contribution in [-0.2, 0) is 20.8 Å². The maximum atomic E-state index is 5.99. The summed E-state index contributed by atoms with van der Waals surface area (Å²) in [6.07, 6.45) is 4.57. The molecule has 0 radical (unpaired) electrons. The number of hydrogen-bond donors (Lipinski definition) is 1. The van der Waals surface area contributed by atoms with Crippen molar-refractivity contribution in [1.82, 2.24) is 20.1 Å². The van der Waals surface area contributed by atoms with Crippen LogP contribution >= 0.6 is 0 Å². The summed E-state index contributed by atoms with van der Waals surface area (Å²) >= 11 is 0. The van der Waals surface area contributed by atoms with E-state index in [-0.39, 0.29) is 5.60 Å². The predicted octanol–water partition coefficient (Wildman–Crippen LogP) is 0.525. The molecule has 0 amide bonds. The van der Waals surface area contributed by atoms with E-state index in [0.717, 1.165) is 44.8 Å². The van der Waals surface area contributed by atoms with Crippen molar-refractivity contribution in [2.75, 3.05) is 40.1 Å². The van der Waals surface area contributed by atoms with Gasteiger partial charge < -0.3 is 19.5 Å². The van der Waals surface area contributed by atoms with Crippen molar-refractivity contribution in [3.8, 4) is 0 Å². The first-order valence-corrected chi connectivity index (χ1v) is 7.63. The first kappa shape index (κ1) is 14.9. The molecule has 2 aliphatic rings. The number of nitrogens with zero attached hydrogens (tertiary/aromatic N) is 3. The zero-order valence-corrected chi connectivity index (χ0v) is 12.6. The van der Waals surface area contributed by atoms with Gasteiger partial charge in [0, 0.05) is 39.7 Å². The molecule has 0 aromatic carbocycles. The smallest absolute Gasteiger partial charge is 0.141 e. The second-order valence-electron chi connectivity index (χ2n) is 5.77. The van der Waals surface area contributed by atoms with Crippen LogP contribution in [0.1, 0.15) is 31.1 Å². The predicted molar refractivity (Wildman–Crippen MR) is 76.0 cm³/mol. The Morgan fingerprint density at radius 2 is 2.48 bits per heavy atom. The van der Waals surface area contributed by atoms with Crippen LogP contribution in [0.3, 0.4) is 0 Å². The zero-order chi connectivity index (χ0) is 14.5. The third kappa shape index (κ3) is 3.42. The quantitative estimate of drug-likeness (QED) is 0.772. The maximum absolute atomic E-state index is 5.99. The molecule has 3 rings (SSSR count). The zero-order valence-electron chi connectivity index (χ0n) is 12.6. The Balaban J connectivity index is 1.62. The van der Waals surface area contributed by atoms with Gasteiger partial charge in [-0.25, -0.2) is 9.67 Å². The fraction of sp³-hybridized carbons (Fsp3) is 0.857. The minimum atomic E-state index is -0.102. The molecule has 2 atom stereocenters. The Hall–Kier alpha value is -1.02. The average Bonchev–Trinajstić information content (AvgIpc) is 3.14. The Bertz CT molecular complexity index is 445. The van der Waals surface area contributed by atoms with E-state index in [1.54, 1.807) is 13.4 Å². The normalized spacial score (nSPS) is 29.3. The van der Waals surface area contributed by atoms with Gasteiger partial charge >= 0.3 is 0 Å². The number of rotatable bonds is 6. The summed E-state index contributed by atoms with van der Waals surface area (Å²) in [5.41, 5.74) is -0.102. The Labute approximate surface area is 125 Å². The lowest BCUT2D eigenvalue weighted by atomic mass is 9.90. The molecule has 0 saturated carbocycles. The van der Waals surface area contributed by atoms with Gasteiger partial charge in [-0.15, -0.1) is 0 Å². The fourth-order valence-corrected chi connectivity index (χ4v) is 3.15. The van der Waals surface area contributed by atoms with Crippen LogP contribution in [-0.4, -0.2) is 60.4 Å². The highest BCUT2D eigenvalue weighted by Gasteiger charge is 2.42. The van der Waals surface area contributed by atoms with Gasteiger partial charge in [-0.2, -0.15) is 5.10 Å². The largest absolute Gasteiger partial charge is 0.383 e. The summed E-state index contributed by atoms with van der Waals surface area (Å²) < 4.78 is 18.6. The molecule has 7 nitrogen and oxygen atoms in total. The first-order chi connectivity index (χ1) is 10.3. The van der Waals surface area contributed by atoms with Crippen LogP contribution in [0.2, 0.25) is 0 Å². The second-order valence-corrected chi connectivity index (χ2v) is 5.77. The van der Waals surface area contributed by atoms with E-state index in [4.69, 9.17) is 14.2 Å². The number of methoxy groups -OCH3 is 1. The maximum Gasteiger partial charge on any atom is 0.141 e. The molecule has 2 unspecified atom stereocenters. The summed E-state index contributed by atoms with van der Waals surface area (Å²) in [5.74, 6) is 0.979. The molecule has 1 spiro atoms. The lowest BCUT2D eigenvalue weighted by molar-refractivity contribution is -0.0966. The van der Waals surface area contributed by atoms with Gasteiger partial charge in [0.2, 0.25) is 0 Å². The highest BCUT2D eigenvalue weighted by molar-refractivity contribution is 4.95. The third-order valence-corrected chi connectivity index (χ3v) is 4.29. The number of nitrogens with one attached hydrogen (secondary N) is 1. The number of hydrogen-bond acceptors (Lipinski definition) is 6. The number of aromatic nitrogens is 3. The lowest BCUT2D eigenvalue weighted by Gasteiger charge is -2.37. The Morgan fingerprint density at radius 1 is 1.52 bits per heavy atom. The van der Waals surface area contributed by atoms with Crippen LogP contribution in [0.4, 0.5) is 0 Å². The van der Waals surface area contributed by atoms with Crippen molar-refractivity contribution < 1.29 is 14.2 Å².